The summed E-state index contributed by atoms with van der Waals surface area (Å²) in [6.07, 6.45) is 6.54. The Morgan fingerprint density at radius 3 is 2.67 bits per heavy atom. The van der Waals surface area contributed by atoms with Gasteiger partial charge in [-0.1, -0.05) is 12.8 Å². The van der Waals surface area contributed by atoms with Crippen molar-refractivity contribution in [3.63, 3.8) is 0 Å². The Bertz CT molecular complexity index is 261. The monoisotopic (exact) mass is 256 g/mol. The summed E-state index contributed by atoms with van der Waals surface area (Å²) < 4.78 is 5.45. The lowest BCUT2D eigenvalue weighted by atomic mass is 10.1. The van der Waals surface area contributed by atoms with Gasteiger partial charge < -0.3 is 15.4 Å². The van der Waals surface area contributed by atoms with Crippen LogP contribution in [0.25, 0.3) is 0 Å². The Hall–Kier alpha value is -0.770. The van der Waals surface area contributed by atoms with Gasteiger partial charge in [-0.05, 0) is 53.0 Å². The van der Waals surface area contributed by atoms with Crippen molar-refractivity contribution in [3.05, 3.63) is 0 Å². The van der Waals surface area contributed by atoms with Crippen molar-refractivity contribution < 1.29 is 9.53 Å². The molecule has 1 amide bonds. The lowest BCUT2D eigenvalue weighted by Crippen LogP contribution is -2.39. The molecule has 1 saturated heterocycles. The molecular weight excluding hydrogens is 228 g/mol. The minimum atomic E-state index is -0.399. The second-order valence-electron chi connectivity index (χ2n) is 6.11. The van der Waals surface area contributed by atoms with Gasteiger partial charge in [0.2, 0.25) is 0 Å². The molecule has 4 heteroatoms. The van der Waals surface area contributed by atoms with Crippen molar-refractivity contribution in [3.8, 4) is 0 Å². The molecule has 1 rings (SSSR count). The number of unbranched alkanes of at least 4 members (excludes halogenated alkanes) is 2. The summed E-state index contributed by atoms with van der Waals surface area (Å²) in [5.74, 6) is 0. The van der Waals surface area contributed by atoms with E-state index >= 15 is 0 Å². The van der Waals surface area contributed by atoms with E-state index in [9.17, 15) is 4.79 Å². The molecular formula is C14H28N2O2. The minimum absolute atomic E-state index is 0.149. The third-order valence-corrected chi connectivity index (χ3v) is 3.25. The molecule has 1 aliphatic rings. The number of nitrogens with zero attached hydrogens (tertiary/aromatic N) is 1. The van der Waals surface area contributed by atoms with E-state index in [0.29, 0.717) is 6.04 Å². The maximum atomic E-state index is 12.0. The Balaban J connectivity index is 2.36. The predicted octanol–water partition coefficient (Wildman–Crippen LogP) is 2.91. The van der Waals surface area contributed by atoms with Crippen molar-refractivity contribution >= 4 is 6.09 Å². The second-order valence-corrected chi connectivity index (χ2v) is 6.11. The zero-order valence-corrected chi connectivity index (χ0v) is 12.1. The summed E-state index contributed by atoms with van der Waals surface area (Å²) in [5.41, 5.74) is 5.08. The molecule has 1 fully saturated rings. The van der Waals surface area contributed by atoms with E-state index in [2.05, 4.69) is 0 Å². The van der Waals surface area contributed by atoms with Gasteiger partial charge in [-0.3, -0.25) is 0 Å². The number of carbonyl (C=O) groups is 1. The Morgan fingerprint density at radius 1 is 1.33 bits per heavy atom. The number of rotatable bonds is 5. The van der Waals surface area contributed by atoms with E-state index in [-0.39, 0.29) is 6.09 Å². The van der Waals surface area contributed by atoms with Gasteiger partial charge in [-0.2, -0.15) is 0 Å². The Labute approximate surface area is 111 Å². The fourth-order valence-corrected chi connectivity index (χ4v) is 2.40. The standard InChI is InChI=1S/C14H28N2O2/c1-14(2,3)18-13(17)16-11-7-9-12(16)8-5-4-6-10-15/h12H,4-11,15H2,1-3H3/t12-/m0/s1. The van der Waals surface area contributed by atoms with Gasteiger partial charge in [0, 0.05) is 12.6 Å². The first-order chi connectivity index (χ1) is 8.44. The summed E-state index contributed by atoms with van der Waals surface area (Å²) >= 11 is 0. The number of hydrogen-bond donors (Lipinski definition) is 1. The van der Waals surface area contributed by atoms with Crippen LogP contribution in [0.1, 0.15) is 59.3 Å². The summed E-state index contributed by atoms with van der Waals surface area (Å²) in [5, 5.41) is 0. The molecule has 0 aliphatic carbocycles. The SMILES string of the molecule is CC(C)(C)OC(=O)N1CCC[C@@H]1CCCCCN. The number of hydrogen-bond acceptors (Lipinski definition) is 3. The normalized spacial score (nSPS) is 20.2. The van der Waals surface area contributed by atoms with E-state index < -0.39 is 5.60 Å². The molecule has 0 bridgehead atoms. The summed E-state index contributed by atoms with van der Waals surface area (Å²) in [4.78, 5) is 14.0. The smallest absolute Gasteiger partial charge is 0.410 e. The number of nitrogens with two attached hydrogens (primary N) is 1. The second kappa shape index (κ2) is 6.98. The van der Waals surface area contributed by atoms with E-state index in [1.54, 1.807) is 0 Å². The fourth-order valence-electron chi connectivity index (χ4n) is 2.40. The first-order valence-electron chi connectivity index (χ1n) is 7.14. The molecule has 1 atom stereocenters. The molecule has 0 aromatic rings. The summed E-state index contributed by atoms with van der Waals surface area (Å²) in [7, 11) is 0. The minimum Gasteiger partial charge on any atom is -0.444 e. The summed E-state index contributed by atoms with van der Waals surface area (Å²) in [6.45, 7) is 7.35. The fraction of sp³-hybridized carbons (Fsp3) is 0.929. The molecule has 1 heterocycles. The molecule has 18 heavy (non-hydrogen) atoms. The van der Waals surface area contributed by atoms with Gasteiger partial charge >= 0.3 is 6.09 Å². The van der Waals surface area contributed by atoms with Crippen molar-refractivity contribution in [1.29, 1.82) is 0 Å². The van der Waals surface area contributed by atoms with Crippen molar-refractivity contribution in [2.75, 3.05) is 13.1 Å². The molecule has 0 aromatic carbocycles. The number of likely N-dealkylation sites (tertiary alicyclic amines) is 1. The van der Waals surface area contributed by atoms with Crippen LogP contribution in [0.3, 0.4) is 0 Å². The molecule has 0 saturated carbocycles. The molecule has 4 nitrogen and oxygen atoms in total. The largest absolute Gasteiger partial charge is 0.444 e. The molecule has 2 N–H and O–H groups in total. The summed E-state index contributed by atoms with van der Waals surface area (Å²) in [6, 6.07) is 0.373. The van der Waals surface area contributed by atoms with Crippen LogP contribution >= 0.6 is 0 Å². The highest BCUT2D eigenvalue weighted by Gasteiger charge is 2.31. The van der Waals surface area contributed by atoms with Crippen LogP contribution in [0.2, 0.25) is 0 Å². The van der Waals surface area contributed by atoms with Gasteiger partial charge in [-0.25, -0.2) is 4.79 Å². The van der Waals surface area contributed by atoms with Gasteiger partial charge in [0.15, 0.2) is 0 Å². The lowest BCUT2D eigenvalue weighted by molar-refractivity contribution is 0.0218. The molecule has 106 valence electrons. The van der Waals surface area contributed by atoms with Crippen molar-refractivity contribution in [1.82, 2.24) is 4.90 Å². The number of ether oxygens (including phenoxy) is 1. The van der Waals surface area contributed by atoms with E-state index in [4.69, 9.17) is 10.5 Å². The maximum Gasteiger partial charge on any atom is 0.410 e. The molecule has 1 aliphatic heterocycles. The first-order valence-corrected chi connectivity index (χ1v) is 7.14. The van der Waals surface area contributed by atoms with Gasteiger partial charge in [0.25, 0.3) is 0 Å². The quantitative estimate of drug-likeness (QED) is 0.769. The maximum absolute atomic E-state index is 12.0. The predicted molar refractivity (Wildman–Crippen MR) is 73.5 cm³/mol. The highest BCUT2D eigenvalue weighted by Crippen LogP contribution is 2.24. The third kappa shape index (κ3) is 5.25. The van der Waals surface area contributed by atoms with Gasteiger partial charge in [0.05, 0.1) is 0 Å². The highest BCUT2D eigenvalue weighted by atomic mass is 16.6. The topological polar surface area (TPSA) is 55.6 Å². The highest BCUT2D eigenvalue weighted by molar-refractivity contribution is 5.68. The lowest BCUT2D eigenvalue weighted by Gasteiger charge is -2.28. The zero-order valence-electron chi connectivity index (χ0n) is 12.1. The Kier molecular flexibility index (Phi) is 5.93. The van der Waals surface area contributed by atoms with Crippen LogP contribution in [0.15, 0.2) is 0 Å². The van der Waals surface area contributed by atoms with Gasteiger partial charge in [-0.15, -0.1) is 0 Å². The van der Waals surface area contributed by atoms with E-state index in [1.807, 2.05) is 25.7 Å². The van der Waals surface area contributed by atoms with Crippen LogP contribution in [0.5, 0.6) is 0 Å². The van der Waals surface area contributed by atoms with Crippen LogP contribution in [0.4, 0.5) is 4.79 Å². The average molecular weight is 256 g/mol. The molecule has 0 spiro atoms. The molecule has 0 aromatic heterocycles. The zero-order chi connectivity index (χ0) is 13.6. The van der Waals surface area contributed by atoms with Crippen molar-refractivity contribution in [2.24, 2.45) is 5.73 Å². The molecule has 0 unspecified atom stereocenters. The van der Waals surface area contributed by atoms with Crippen LogP contribution < -0.4 is 5.73 Å². The van der Waals surface area contributed by atoms with Crippen LogP contribution in [0, 0.1) is 0 Å². The Morgan fingerprint density at radius 2 is 2.06 bits per heavy atom. The molecule has 0 radical (unpaired) electrons. The number of carbonyl (C=O) groups excluding carboxylic acids is 1. The van der Waals surface area contributed by atoms with Crippen LogP contribution in [-0.2, 0) is 4.74 Å². The first kappa shape index (κ1) is 15.3. The van der Waals surface area contributed by atoms with Crippen molar-refractivity contribution in [2.45, 2.75) is 70.9 Å². The van der Waals surface area contributed by atoms with E-state index in [1.165, 1.54) is 0 Å². The number of amides is 1. The van der Waals surface area contributed by atoms with E-state index in [0.717, 1.165) is 51.6 Å². The average Bonchev–Trinajstić information content (AvgIpc) is 2.70. The third-order valence-electron chi connectivity index (χ3n) is 3.25. The van der Waals surface area contributed by atoms with Gasteiger partial charge in [0.1, 0.15) is 5.60 Å². The van der Waals surface area contributed by atoms with Crippen LogP contribution in [-0.4, -0.2) is 35.7 Å².